The van der Waals surface area contributed by atoms with Gasteiger partial charge in [0.25, 0.3) is 0 Å². The van der Waals surface area contributed by atoms with E-state index in [9.17, 15) is 20.4 Å². The summed E-state index contributed by atoms with van der Waals surface area (Å²) in [5, 5.41) is 44.5. The summed E-state index contributed by atoms with van der Waals surface area (Å²) in [6.07, 6.45) is 10.9. The van der Waals surface area contributed by atoms with Gasteiger partial charge in [-0.1, -0.05) is 58.4 Å². The quantitative estimate of drug-likeness (QED) is 0.470. The first-order chi connectivity index (χ1) is 15.0. The maximum absolute atomic E-state index is 12.3. The molecular weight excluding hydrogens is 400 g/mol. The molecule has 4 rings (SSSR count). The van der Waals surface area contributed by atoms with Gasteiger partial charge in [0.2, 0.25) is 0 Å². The molecule has 3 saturated carbocycles. The lowest BCUT2D eigenvalue weighted by atomic mass is 9.44. The Hall–Kier alpha value is -0.680. The van der Waals surface area contributed by atoms with Gasteiger partial charge in [0, 0.05) is 11.3 Å². The van der Waals surface area contributed by atoms with Crippen molar-refractivity contribution in [1.82, 2.24) is 0 Å². The average molecular weight is 447 g/mol. The molecule has 32 heavy (non-hydrogen) atoms. The Bertz CT molecular complexity index is 759. The topological polar surface area (TPSA) is 80.9 Å². The van der Waals surface area contributed by atoms with Gasteiger partial charge in [-0.2, -0.15) is 0 Å². The second-order valence-electron chi connectivity index (χ2n) is 12.4. The van der Waals surface area contributed by atoms with Crippen molar-refractivity contribution < 1.29 is 20.4 Å². The van der Waals surface area contributed by atoms with Crippen LogP contribution in [0.25, 0.3) is 0 Å². The number of allylic oxidation sites excluding steroid dienone is 2. The van der Waals surface area contributed by atoms with Gasteiger partial charge in [-0.05, 0) is 80.0 Å². The molecule has 0 saturated heterocycles. The first-order valence-electron chi connectivity index (χ1n) is 13.1. The second kappa shape index (κ2) is 8.52. The van der Waals surface area contributed by atoms with Crippen molar-refractivity contribution in [2.24, 2.45) is 46.3 Å². The monoisotopic (exact) mass is 446 g/mol. The number of hydrogen-bond acceptors (Lipinski definition) is 4. The van der Waals surface area contributed by atoms with E-state index in [0.29, 0.717) is 42.9 Å². The number of fused-ring (bicyclic) bond motifs is 5. The third-order valence-electron chi connectivity index (χ3n) is 10.7. The average Bonchev–Trinajstić information content (AvgIpc) is 3.10. The Labute approximate surface area is 194 Å². The van der Waals surface area contributed by atoms with Crippen LogP contribution in [0.3, 0.4) is 0 Å². The van der Waals surface area contributed by atoms with Crippen LogP contribution in [0.1, 0.15) is 79.6 Å². The fourth-order valence-electron chi connectivity index (χ4n) is 8.40. The minimum Gasteiger partial charge on any atom is -0.395 e. The van der Waals surface area contributed by atoms with E-state index in [1.165, 1.54) is 0 Å². The van der Waals surface area contributed by atoms with Crippen molar-refractivity contribution in [2.45, 2.75) is 97.4 Å². The van der Waals surface area contributed by atoms with Gasteiger partial charge in [-0.3, -0.25) is 0 Å². The molecule has 182 valence electrons. The van der Waals surface area contributed by atoms with Crippen LogP contribution in [0, 0.1) is 46.3 Å². The third-order valence-corrected chi connectivity index (χ3v) is 10.7. The number of hydrogen-bond donors (Lipinski definition) is 4. The van der Waals surface area contributed by atoms with E-state index in [0.717, 1.165) is 31.3 Å². The minimum absolute atomic E-state index is 0.00958. The zero-order valence-corrected chi connectivity index (χ0v) is 20.8. The van der Waals surface area contributed by atoms with Gasteiger partial charge in [0.15, 0.2) is 0 Å². The van der Waals surface area contributed by atoms with Crippen molar-refractivity contribution in [3.05, 3.63) is 23.8 Å². The van der Waals surface area contributed by atoms with Crippen molar-refractivity contribution in [3.63, 3.8) is 0 Å². The summed E-state index contributed by atoms with van der Waals surface area (Å²) >= 11 is 0. The molecular formula is C28H46O4. The van der Waals surface area contributed by atoms with E-state index in [4.69, 9.17) is 0 Å². The molecule has 0 amide bonds. The molecule has 4 aliphatic rings. The number of aliphatic hydroxyl groups excluding tert-OH is 3. The molecule has 0 aromatic heterocycles. The lowest BCUT2D eigenvalue weighted by molar-refractivity contribution is -0.229. The molecule has 0 radical (unpaired) electrons. The van der Waals surface area contributed by atoms with Gasteiger partial charge in [0.05, 0.1) is 12.7 Å². The maximum Gasteiger partial charge on any atom is 0.102 e. The number of aliphatic hydroxyl groups is 4. The summed E-state index contributed by atoms with van der Waals surface area (Å²) in [6, 6.07) is 0. The summed E-state index contributed by atoms with van der Waals surface area (Å²) in [6.45, 7) is 11.5. The van der Waals surface area contributed by atoms with Crippen LogP contribution in [0.4, 0.5) is 0 Å². The molecule has 0 spiro atoms. The molecule has 0 bridgehead atoms. The minimum atomic E-state index is -1.20. The predicted molar refractivity (Wildman–Crippen MR) is 128 cm³/mol. The second-order valence-corrected chi connectivity index (χ2v) is 12.4. The summed E-state index contributed by atoms with van der Waals surface area (Å²) in [4.78, 5) is 0. The highest BCUT2D eigenvalue weighted by atomic mass is 16.3. The van der Waals surface area contributed by atoms with Crippen molar-refractivity contribution >= 4 is 0 Å². The fourth-order valence-corrected chi connectivity index (χ4v) is 8.40. The zero-order valence-electron chi connectivity index (χ0n) is 20.8. The Balaban J connectivity index is 1.65. The van der Waals surface area contributed by atoms with E-state index < -0.39 is 23.2 Å². The van der Waals surface area contributed by atoms with Crippen LogP contribution < -0.4 is 0 Å². The van der Waals surface area contributed by atoms with Crippen LogP contribution in [0.15, 0.2) is 23.8 Å². The molecule has 4 aliphatic carbocycles. The van der Waals surface area contributed by atoms with Crippen LogP contribution >= 0.6 is 0 Å². The SMILES string of the molecule is CC(C)[C@@H](C)/C=C/[C@@H](C)[C@H]1CC[C@@H]2[C@]1(C)CC[C@@H]1[C@@]3(CO)CC[C@H](O)CC3=C[C@H](O)[C@]12O. The molecule has 4 N–H and O–H groups in total. The zero-order chi connectivity index (χ0) is 23.5. The molecule has 3 fully saturated rings. The van der Waals surface area contributed by atoms with Gasteiger partial charge in [0.1, 0.15) is 11.7 Å². The molecule has 0 aromatic rings. The van der Waals surface area contributed by atoms with E-state index in [1.54, 1.807) is 0 Å². The molecule has 0 unspecified atom stereocenters. The van der Waals surface area contributed by atoms with E-state index in [-0.39, 0.29) is 23.9 Å². The third kappa shape index (κ3) is 3.47. The van der Waals surface area contributed by atoms with Crippen LogP contribution in [0.5, 0.6) is 0 Å². The first kappa shape index (κ1) is 24.4. The highest BCUT2D eigenvalue weighted by Crippen LogP contribution is 2.68. The van der Waals surface area contributed by atoms with E-state index >= 15 is 0 Å². The molecule has 4 nitrogen and oxygen atoms in total. The van der Waals surface area contributed by atoms with Crippen molar-refractivity contribution in [2.75, 3.05) is 6.61 Å². The summed E-state index contributed by atoms with van der Waals surface area (Å²) in [5.41, 5.74) is -0.749. The molecule has 10 atom stereocenters. The van der Waals surface area contributed by atoms with Crippen LogP contribution in [-0.4, -0.2) is 44.8 Å². The summed E-state index contributed by atoms with van der Waals surface area (Å²) < 4.78 is 0. The molecule has 4 heteroatoms. The van der Waals surface area contributed by atoms with E-state index in [2.05, 4.69) is 46.8 Å². The summed E-state index contributed by atoms with van der Waals surface area (Å²) in [5.74, 6) is 1.99. The lowest BCUT2D eigenvalue weighted by Gasteiger charge is -2.63. The van der Waals surface area contributed by atoms with Crippen molar-refractivity contribution in [3.8, 4) is 0 Å². The predicted octanol–water partition coefficient (Wildman–Crippen LogP) is 4.47. The van der Waals surface area contributed by atoms with Crippen molar-refractivity contribution in [1.29, 1.82) is 0 Å². The van der Waals surface area contributed by atoms with Crippen LogP contribution in [0.2, 0.25) is 0 Å². The first-order valence-corrected chi connectivity index (χ1v) is 13.1. The maximum atomic E-state index is 12.3. The van der Waals surface area contributed by atoms with Gasteiger partial charge in [-0.25, -0.2) is 0 Å². The Morgan fingerprint density at radius 1 is 1.00 bits per heavy atom. The highest BCUT2D eigenvalue weighted by molar-refractivity contribution is 5.33. The van der Waals surface area contributed by atoms with Crippen LogP contribution in [-0.2, 0) is 0 Å². The Morgan fingerprint density at radius 3 is 2.38 bits per heavy atom. The normalized spacial score (nSPS) is 48.2. The number of rotatable bonds is 5. The molecule has 0 heterocycles. The van der Waals surface area contributed by atoms with Gasteiger partial charge < -0.3 is 20.4 Å². The van der Waals surface area contributed by atoms with Gasteiger partial charge in [-0.15, -0.1) is 0 Å². The molecule has 0 aromatic carbocycles. The van der Waals surface area contributed by atoms with E-state index in [1.807, 2.05) is 6.08 Å². The smallest absolute Gasteiger partial charge is 0.102 e. The van der Waals surface area contributed by atoms with Gasteiger partial charge >= 0.3 is 0 Å². The molecule has 0 aliphatic heterocycles. The Morgan fingerprint density at radius 2 is 1.72 bits per heavy atom. The highest BCUT2D eigenvalue weighted by Gasteiger charge is 2.68. The lowest BCUT2D eigenvalue weighted by Crippen LogP contribution is -2.68. The standard InChI is InChI=1S/C28H46O4/c1-17(2)18(3)6-7-19(4)22-8-9-23-26(22,5)12-11-24-27(16-29)13-10-21(30)14-20(27)15-25(31)28(23,24)32/h6-7,15,17-19,21-25,29-32H,8-14,16H2,1-5H3/b7-6+/t18-,19+,21-,22+,23+,24+,25-,26+,27+,28+/m0/s1. The Kier molecular flexibility index (Phi) is 6.51. The fraction of sp³-hybridized carbons (Fsp3) is 0.857. The summed E-state index contributed by atoms with van der Waals surface area (Å²) in [7, 11) is 0. The largest absolute Gasteiger partial charge is 0.395 e.